The average Bonchev–Trinajstić information content (AvgIpc) is 3.46. The van der Waals surface area contributed by atoms with Crippen LogP contribution in [0.4, 0.5) is 0 Å². The van der Waals surface area contributed by atoms with Crippen LogP contribution in [0.3, 0.4) is 0 Å². The number of halogens is 1. The molecule has 1 atom stereocenters. The number of benzene rings is 2. The maximum absolute atomic E-state index is 12.9. The number of hydrogen-bond acceptors (Lipinski definition) is 5. The molecule has 0 bridgehead atoms. The van der Waals surface area contributed by atoms with Gasteiger partial charge < -0.3 is 4.57 Å². The quantitative estimate of drug-likeness (QED) is 0.489. The summed E-state index contributed by atoms with van der Waals surface area (Å²) in [5.74, 6) is 0.716. The first-order valence-corrected chi connectivity index (χ1v) is 12.2. The van der Waals surface area contributed by atoms with Gasteiger partial charge in [-0.05, 0) is 49.1 Å². The average molecular weight is 449 g/mol. The topological polar surface area (TPSA) is 76.9 Å². The molecule has 1 aliphatic rings. The summed E-state index contributed by atoms with van der Waals surface area (Å²) in [7, 11) is -3.67. The molecule has 1 fully saturated rings. The molecule has 1 aliphatic carbocycles. The molecule has 1 heterocycles. The Bertz CT molecular complexity index is 1050. The molecule has 0 saturated heterocycles. The van der Waals surface area contributed by atoms with E-state index in [2.05, 4.69) is 19.5 Å². The highest BCUT2D eigenvalue weighted by Gasteiger charge is 2.26. The number of rotatable bonds is 9. The second kappa shape index (κ2) is 8.87. The maximum atomic E-state index is 12.9. The molecule has 1 unspecified atom stereocenters. The Morgan fingerprint density at radius 1 is 1.14 bits per heavy atom. The van der Waals surface area contributed by atoms with Crippen LogP contribution in [0.2, 0.25) is 5.02 Å². The van der Waals surface area contributed by atoms with Crippen LogP contribution >= 0.6 is 23.4 Å². The third-order valence-corrected chi connectivity index (χ3v) is 7.47. The summed E-state index contributed by atoms with van der Waals surface area (Å²) in [5, 5.41) is 9.61. The predicted octanol–water partition coefficient (Wildman–Crippen LogP) is 4.47. The van der Waals surface area contributed by atoms with Crippen molar-refractivity contribution in [3.8, 4) is 0 Å². The Hall–Kier alpha value is -1.87. The van der Waals surface area contributed by atoms with E-state index in [0.29, 0.717) is 23.2 Å². The third kappa shape index (κ3) is 5.19. The smallest absolute Gasteiger partial charge is 0.241 e. The summed E-state index contributed by atoms with van der Waals surface area (Å²) in [6.45, 7) is 0. The van der Waals surface area contributed by atoms with E-state index in [1.165, 1.54) is 25.0 Å². The minimum atomic E-state index is -3.67. The number of aromatic nitrogens is 3. The largest absolute Gasteiger partial charge is 0.306 e. The summed E-state index contributed by atoms with van der Waals surface area (Å²) in [4.78, 5) is 0.198. The van der Waals surface area contributed by atoms with Crippen molar-refractivity contribution in [2.75, 3.05) is 5.75 Å². The van der Waals surface area contributed by atoms with Crippen molar-refractivity contribution in [1.29, 1.82) is 0 Å². The van der Waals surface area contributed by atoms with Gasteiger partial charge >= 0.3 is 0 Å². The van der Waals surface area contributed by atoms with Crippen molar-refractivity contribution >= 4 is 33.4 Å². The Morgan fingerprint density at radius 3 is 2.55 bits per heavy atom. The molecule has 6 nitrogen and oxygen atoms in total. The van der Waals surface area contributed by atoms with Crippen molar-refractivity contribution in [2.45, 2.75) is 41.4 Å². The van der Waals surface area contributed by atoms with Gasteiger partial charge in [0.05, 0.1) is 4.90 Å². The van der Waals surface area contributed by atoms with Crippen LogP contribution in [0.5, 0.6) is 0 Å². The zero-order valence-electron chi connectivity index (χ0n) is 15.6. The van der Waals surface area contributed by atoms with Crippen LogP contribution in [0, 0.1) is 0 Å². The minimum Gasteiger partial charge on any atom is -0.306 e. The van der Waals surface area contributed by atoms with E-state index in [9.17, 15) is 8.42 Å². The summed E-state index contributed by atoms with van der Waals surface area (Å²) < 4.78 is 30.7. The molecule has 0 amide bonds. The number of thioether (sulfide) groups is 1. The lowest BCUT2D eigenvalue weighted by Crippen LogP contribution is -2.29. The predicted molar refractivity (Wildman–Crippen MR) is 115 cm³/mol. The van der Waals surface area contributed by atoms with Crippen molar-refractivity contribution in [3.63, 3.8) is 0 Å². The summed E-state index contributed by atoms with van der Waals surface area (Å²) >= 11 is 7.50. The molecule has 1 N–H and O–H groups in total. The standard InChI is InChI=1S/C20H21ClN4O2S2/c21-16-6-10-18(11-7-16)29(26,27)24-19(15-4-2-1-3-5-15)12-13-28-20-23-22-14-25(20)17-8-9-17/h1-7,10-11,14,17,19,24H,8-9,12-13H2. The zero-order chi connectivity index (χ0) is 20.3. The second-order valence-electron chi connectivity index (χ2n) is 6.93. The lowest BCUT2D eigenvalue weighted by molar-refractivity contribution is 0.551. The van der Waals surface area contributed by atoms with E-state index in [1.807, 2.05) is 30.3 Å². The van der Waals surface area contributed by atoms with Gasteiger partial charge in [-0.25, -0.2) is 13.1 Å². The lowest BCUT2D eigenvalue weighted by atomic mass is 10.1. The van der Waals surface area contributed by atoms with Crippen LogP contribution in [0.25, 0.3) is 0 Å². The van der Waals surface area contributed by atoms with Gasteiger partial charge in [-0.15, -0.1) is 10.2 Å². The fraction of sp³-hybridized carbons (Fsp3) is 0.300. The van der Waals surface area contributed by atoms with Gasteiger partial charge in [-0.1, -0.05) is 53.7 Å². The van der Waals surface area contributed by atoms with E-state index in [1.54, 1.807) is 30.2 Å². The molecular formula is C20H21ClN4O2S2. The van der Waals surface area contributed by atoms with Gasteiger partial charge in [0.15, 0.2) is 5.16 Å². The monoisotopic (exact) mass is 448 g/mol. The van der Waals surface area contributed by atoms with Gasteiger partial charge in [-0.3, -0.25) is 0 Å². The van der Waals surface area contributed by atoms with Crippen LogP contribution in [-0.4, -0.2) is 28.9 Å². The molecule has 29 heavy (non-hydrogen) atoms. The fourth-order valence-electron chi connectivity index (χ4n) is 3.05. The fourth-order valence-corrected chi connectivity index (χ4v) is 5.43. The normalized spacial score (nSPS) is 15.3. The Kier molecular flexibility index (Phi) is 6.24. The lowest BCUT2D eigenvalue weighted by Gasteiger charge is -2.19. The molecule has 1 saturated carbocycles. The highest BCUT2D eigenvalue weighted by atomic mass is 35.5. The van der Waals surface area contributed by atoms with Gasteiger partial charge in [0.25, 0.3) is 0 Å². The van der Waals surface area contributed by atoms with Crippen molar-refractivity contribution in [2.24, 2.45) is 0 Å². The van der Waals surface area contributed by atoms with E-state index < -0.39 is 10.0 Å². The molecule has 9 heteroatoms. The molecule has 0 spiro atoms. The van der Waals surface area contributed by atoms with Gasteiger partial charge in [0.2, 0.25) is 10.0 Å². The Morgan fingerprint density at radius 2 is 1.86 bits per heavy atom. The SMILES string of the molecule is O=S(=O)(NC(CCSc1nncn1C1CC1)c1ccccc1)c1ccc(Cl)cc1. The van der Waals surface area contributed by atoms with Crippen LogP contribution in [-0.2, 0) is 10.0 Å². The summed E-state index contributed by atoms with van der Waals surface area (Å²) in [6, 6.07) is 16.0. The molecule has 0 aliphatic heterocycles. The molecule has 3 aromatic rings. The summed E-state index contributed by atoms with van der Waals surface area (Å²) in [5.41, 5.74) is 0.925. The maximum Gasteiger partial charge on any atom is 0.241 e. The first-order valence-electron chi connectivity index (χ1n) is 9.38. The molecule has 152 valence electrons. The van der Waals surface area contributed by atoms with Gasteiger partial charge in [-0.2, -0.15) is 0 Å². The van der Waals surface area contributed by atoms with Crippen LogP contribution in [0.15, 0.2) is 71.0 Å². The molecule has 4 rings (SSSR count). The Labute approximate surface area is 179 Å². The van der Waals surface area contributed by atoms with Crippen molar-refractivity contribution in [1.82, 2.24) is 19.5 Å². The zero-order valence-corrected chi connectivity index (χ0v) is 18.0. The highest BCUT2D eigenvalue weighted by Crippen LogP contribution is 2.37. The molecule has 0 radical (unpaired) electrons. The third-order valence-electron chi connectivity index (χ3n) is 4.74. The second-order valence-corrected chi connectivity index (χ2v) is 10.1. The van der Waals surface area contributed by atoms with Gasteiger partial charge in [0.1, 0.15) is 6.33 Å². The minimum absolute atomic E-state index is 0.198. The number of nitrogens with one attached hydrogen (secondary N) is 1. The van der Waals surface area contributed by atoms with E-state index in [4.69, 9.17) is 11.6 Å². The highest BCUT2D eigenvalue weighted by molar-refractivity contribution is 7.99. The molecule has 1 aromatic heterocycles. The van der Waals surface area contributed by atoms with E-state index in [-0.39, 0.29) is 10.9 Å². The molecular weight excluding hydrogens is 428 g/mol. The van der Waals surface area contributed by atoms with Crippen LogP contribution < -0.4 is 4.72 Å². The summed E-state index contributed by atoms with van der Waals surface area (Å²) in [6.07, 6.45) is 4.73. The Balaban J connectivity index is 1.48. The van der Waals surface area contributed by atoms with Gasteiger partial charge in [0, 0.05) is 22.9 Å². The number of nitrogens with zero attached hydrogens (tertiary/aromatic N) is 3. The van der Waals surface area contributed by atoms with Crippen LogP contribution in [0.1, 0.15) is 36.9 Å². The number of sulfonamides is 1. The number of hydrogen-bond donors (Lipinski definition) is 1. The van der Waals surface area contributed by atoms with E-state index in [0.717, 1.165) is 10.7 Å². The van der Waals surface area contributed by atoms with Crippen molar-refractivity contribution in [3.05, 3.63) is 71.5 Å². The first kappa shape index (κ1) is 20.4. The first-order chi connectivity index (χ1) is 14.0. The van der Waals surface area contributed by atoms with Crippen molar-refractivity contribution < 1.29 is 8.42 Å². The van der Waals surface area contributed by atoms with E-state index >= 15 is 0 Å². The molecule has 2 aromatic carbocycles.